The number of nitrogens with zero attached hydrogens (tertiary/aromatic N) is 2. The zero-order valence-corrected chi connectivity index (χ0v) is 20.7. The third kappa shape index (κ3) is 5.41. The number of piperidine rings is 1. The van der Waals surface area contributed by atoms with Crippen LogP contribution in [0, 0.1) is 0 Å². The van der Waals surface area contributed by atoms with Crippen LogP contribution in [0.25, 0.3) is 0 Å². The van der Waals surface area contributed by atoms with Gasteiger partial charge >= 0.3 is 12.2 Å². The number of carbonyl (C=O) groups is 4. The van der Waals surface area contributed by atoms with E-state index in [4.69, 9.17) is 11.6 Å². The lowest BCUT2D eigenvalue weighted by molar-refractivity contribution is -0.138. The molecule has 0 spiro atoms. The first-order chi connectivity index (χ1) is 17.4. The van der Waals surface area contributed by atoms with Gasteiger partial charge in [0.05, 0.1) is 10.6 Å². The molecular weight excluding hydrogens is 513 g/mol. The molecule has 37 heavy (non-hydrogen) atoms. The second-order valence-corrected chi connectivity index (χ2v) is 9.58. The SMILES string of the molecule is CC(C)N(C(=O)NCc1ccc2c(c1)CN(C1CCC(=O)NC1=O)C2=O)c1ccc(C(F)(F)F)c(Cl)c1. The van der Waals surface area contributed by atoms with Gasteiger partial charge in [0, 0.05) is 36.8 Å². The standard InChI is InChI=1S/C25H24ClF3N4O4/c1-13(2)33(16-4-6-18(19(26)10-16)25(27,28)29)24(37)30-11-14-3-5-17-15(9-14)12-32(23(17)36)20-7-8-21(34)31-22(20)35/h3-6,9-10,13,20H,7-8,11-12H2,1-2H3,(H,30,37)(H,31,34,35). The summed E-state index contributed by atoms with van der Waals surface area (Å²) in [6, 6.07) is 6.56. The largest absolute Gasteiger partial charge is 0.417 e. The van der Waals surface area contributed by atoms with E-state index in [0.29, 0.717) is 16.7 Å². The van der Waals surface area contributed by atoms with Gasteiger partial charge in [0.25, 0.3) is 5.91 Å². The highest BCUT2D eigenvalue weighted by Gasteiger charge is 2.39. The normalized spacial score (nSPS) is 17.6. The first-order valence-electron chi connectivity index (χ1n) is 11.6. The Morgan fingerprint density at radius 2 is 1.92 bits per heavy atom. The average molecular weight is 537 g/mol. The average Bonchev–Trinajstić information content (AvgIpc) is 3.12. The molecule has 1 unspecified atom stereocenters. The van der Waals surface area contributed by atoms with Crippen molar-refractivity contribution in [3.8, 4) is 0 Å². The fraction of sp³-hybridized carbons (Fsp3) is 0.360. The van der Waals surface area contributed by atoms with Crippen LogP contribution in [0.15, 0.2) is 36.4 Å². The molecule has 12 heteroatoms. The van der Waals surface area contributed by atoms with E-state index in [2.05, 4.69) is 10.6 Å². The Kier molecular flexibility index (Phi) is 7.18. The molecule has 2 aromatic carbocycles. The minimum absolute atomic E-state index is 0.0936. The van der Waals surface area contributed by atoms with Gasteiger partial charge in [-0.3, -0.25) is 24.6 Å². The van der Waals surface area contributed by atoms with Crippen molar-refractivity contribution in [3.63, 3.8) is 0 Å². The maximum atomic E-state index is 13.1. The van der Waals surface area contributed by atoms with Crippen LogP contribution in [0.5, 0.6) is 0 Å². The van der Waals surface area contributed by atoms with Gasteiger partial charge in [0.2, 0.25) is 11.8 Å². The lowest BCUT2D eigenvalue weighted by Crippen LogP contribution is -2.52. The molecule has 196 valence electrons. The minimum Gasteiger partial charge on any atom is -0.334 e. The maximum Gasteiger partial charge on any atom is 0.417 e. The van der Waals surface area contributed by atoms with Gasteiger partial charge in [-0.25, -0.2) is 4.79 Å². The van der Waals surface area contributed by atoms with Gasteiger partial charge in [-0.15, -0.1) is 0 Å². The summed E-state index contributed by atoms with van der Waals surface area (Å²) in [4.78, 5) is 52.2. The molecular formula is C25H24ClF3N4O4. The Morgan fingerprint density at radius 1 is 1.19 bits per heavy atom. The third-order valence-corrected chi connectivity index (χ3v) is 6.62. The van der Waals surface area contributed by atoms with E-state index in [1.807, 2.05) is 0 Å². The molecule has 0 radical (unpaired) electrons. The molecule has 0 aromatic heterocycles. The van der Waals surface area contributed by atoms with Crippen LogP contribution in [-0.4, -0.2) is 40.7 Å². The Hall–Kier alpha value is -3.60. The summed E-state index contributed by atoms with van der Waals surface area (Å²) in [6.45, 7) is 3.73. The number of nitrogens with one attached hydrogen (secondary N) is 2. The van der Waals surface area contributed by atoms with Crippen molar-refractivity contribution in [1.29, 1.82) is 0 Å². The quantitative estimate of drug-likeness (QED) is 0.558. The zero-order chi connectivity index (χ0) is 27.1. The number of anilines is 1. The van der Waals surface area contributed by atoms with Crippen LogP contribution in [0.2, 0.25) is 5.02 Å². The summed E-state index contributed by atoms with van der Waals surface area (Å²) >= 11 is 5.84. The van der Waals surface area contributed by atoms with Crippen molar-refractivity contribution in [2.24, 2.45) is 0 Å². The van der Waals surface area contributed by atoms with E-state index in [0.717, 1.165) is 12.1 Å². The van der Waals surface area contributed by atoms with E-state index in [1.165, 1.54) is 15.9 Å². The highest BCUT2D eigenvalue weighted by Crippen LogP contribution is 2.37. The number of urea groups is 1. The summed E-state index contributed by atoms with van der Waals surface area (Å²) in [7, 11) is 0. The second-order valence-electron chi connectivity index (χ2n) is 9.18. The number of hydrogen-bond acceptors (Lipinski definition) is 4. The topological polar surface area (TPSA) is 98.8 Å². The van der Waals surface area contributed by atoms with Crippen LogP contribution in [0.3, 0.4) is 0 Å². The van der Waals surface area contributed by atoms with Crippen molar-refractivity contribution in [2.75, 3.05) is 4.90 Å². The lowest BCUT2D eigenvalue weighted by atomic mass is 10.0. The summed E-state index contributed by atoms with van der Waals surface area (Å²) in [5, 5.41) is 4.50. The van der Waals surface area contributed by atoms with Gasteiger partial charge in [0.15, 0.2) is 0 Å². The number of benzene rings is 2. The third-order valence-electron chi connectivity index (χ3n) is 6.30. The molecule has 1 atom stereocenters. The highest BCUT2D eigenvalue weighted by atomic mass is 35.5. The molecule has 0 aliphatic carbocycles. The molecule has 1 saturated heterocycles. The van der Waals surface area contributed by atoms with Crippen LogP contribution in [0.1, 0.15) is 53.7 Å². The number of imide groups is 1. The van der Waals surface area contributed by atoms with Crippen molar-refractivity contribution in [3.05, 3.63) is 63.7 Å². The van der Waals surface area contributed by atoms with Gasteiger partial charge in [0.1, 0.15) is 6.04 Å². The number of fused-ring (bicyclic) bond motifs is 1. The highest BCUT2D eigenvalue weighted by molar-refractivity contribution is 6.31. The Bertz CT molecular complexity index is 1280. The number of rotatable bonds is 5. The predicted molar refractivity (Wildman–Crippen MR) is 129 cm³/mol. The van der Waals surface area contributed by atoms with Gasteiger partial charge in [-0.1, -0.05) is 23.7 Å². The number of carbonyl (C=O) groups excluding carboxylic acids is 4. The fourth-order valence-electron chi connectivity index (χ4n) is 4.53. The summed E-state index contributed by atoms with van der Waals surface area (Å²) in [5.41, 5.74) is 1.06. The Labute approximate surface area is 215 Å². The molecule has 0 bridgehead atoms. The van der Waals surface area contributed by atoms with Gasteiger partial charge in [-0.05, 0) is 55.7 Å². The summed E-state index contributed by atoms with van der Waals surface area (Å²) in [6.07, 6.45) is -4.19. The van der Waals surface area contributed by atoms with E-state index in [-0.39, 0.29) is 49.5 Å². The van der Waals surface area contributed by atoms with Crippen LogP contribution < -0.4 is 15.5 Å². The van der Waals surface area contributed by atoms with Crippen molar-refractivity contribution in [2.45, 2.75) is 58.0 Å². The van der Waals surface area contributed by atoms with Gasteiger partial charge in [-0.2, -0.15) is 13.2 Å². The lowest BCUT2D eigenvalue weighted by Gasteiger charge is -2.29. The molecule has 2 aliphatic heterocycles. The van der Waals surface area contributed by atoms with E-state index in [9.17, 15) is 32.3 Å². The van der Waals surface area contributed by atoms with E-state index < -0.39 is 34.7 Å². The van der Waals surface area contributed by atoms with Crippen molar-refractivity contribution >= 4 is 41.0 Å². The first-order valence-corrected chi connectivity index (χ1v) is 11.9. The molecule has 5 amide bonds. The molecule has 0 saturated carbocycles. The molecule has 8 nitrogen and oxygen atoms in total. The first kappa shape index (κ1) is 26.5. The van der Waals surface area contributed by atoms with Crippen LogP contribution in [0.4, 0.5) is 23.7 Å². The zero-order valence-electron chi connectivity index (χ0n) is 20.0. The fourth-order valence-corrected chi connectivity index (χ4v) is 4.82. The predicted octanol–water partition coefficient (Wildman–Crippen LogP) is 4.24. The van der Waals surface area contributed by atoms with Crippen LogP contribution >= 0.6 is 11.6 Å². The van der Waals surface area contributed by atoms with Crippen molar-refractivity contribution in [1.82, 2.24) is 15.5 Å². The molecule has 2 aromatic rings. The Balaban J connectivity index is 1.45. The van der Waals surface area contributed by atoms with Gasteiger partial charge < -0.3 is 10.2 Å². The number of amides is 5. The summed E-state index contributed by atoms with van der Waals surface area (Å²) in [5.74, 6) is -1.16. The van der Waals surface area contributed by atoms with Crippen LogP contribution in [-0.2, 0) is 28.9 Å². The molecule has 4 rings (SSSR count). The molecule has 2 heterocycles. The van der Waals surface area contributed by atoms with E-state index >= 15 is 0 Å². The number of hydrogen-bond donors (Lipinski definition) is 2. The number of halogens is 4. The van der Waals surface area contributed by atoms with Crippen molar-refractivity contribution < 1.29 is 32.3 Å². The smallest absolute Gasteiger partial charge is 0.334 e. The maximum absolute atomic E-state index is 13.1. The Morgan fingerprint density at radius 3 is 2.54 bits per heavy atom. The van der Waals surface area contributed by atoms with E-state index in [1.54, 1.807) is 32.0 Å². The monoisotopic (exact) mass is 536 g/mol. The molecule has 2 N–H and O–H groups in total. The number of alkyl halides is 3. The summed E-state index contributed by atoms with van der Waals surface area (Å²) < 4.78 is 39.2. The molecule has 2 aliphatic rings. The minimum atomic E-state index is -4.61. The second kappa shape index (κ2) is 10.0. The molecule has 1 fully saturated rings.